The molecule has 1 aliphatic carbocycles. The molecule has 4 fully saturated rings. The Balaban J connectivity index is 1.51. The summed E-state index contributed by atoms with van der Waals surface area (Å²) in [7, 11) is 1.99. The van der Waals surface area contributed by atoms with Crippen LogP contribution in [0.2, 0.25) is 0 Å². The number of hydrogen-bond donors (Lipinski definition) is 0. The Labute approximate surface area is 282 Å². The first-order valence-electron chi connectivity index (χ1n) is 17.5. The van der Waals surface area contributed by atoms with E-state index in [1.54, 1.807) is 35.5 Å². The molecule has 268 valence electrons. The van der Waals surface area contributed by atoms with Crippen LogP contribution in [0.3, 0.4) is 0 Å². The number of carbonyl (C=O) groups excluding carboxylic acids is 3. The van der Waals surface area contributed by atoms with Gasteiger partial charge in [0.25, 0.3) is 0 Å². The monoisotopic (exact) mass is 679 g/mol. The number of likely N-dealkylation sites (N-methyl/N-ethyl adjacent to an activating group) is 1. The fourth-order valence-corrected chi connectivity index (χ4v) is 7.98. The van der Waals surface area contributed by atoms with E-state index in [4.69, 9.17) is 0 Å². The Hall–Kier alpha value is -2.73. The average Bonchev–Trinajstić information content (AvgIpc) is 3.63. The van der Waals surface area contributed by atoms with Gasteiger partial charge in [-0.25, -0.2) is 17.6 Å². The quantitative estimate of drug-likeness (QED) is 0.412. The minimum atomic E-state index is -2.78. The lowest BCUT2D eigenvalue weighted by atomic mass is 9.86. The van der Waals surface area contributed by atoms with Gasteiger partial charge in [-0.2, -0.15) is 0 Å². The van der Waals surface area contributed by atoms with E-state index in [0.717, 1.165) is 6.07 Å². The molecule has 0 bridgehead atoms. The molecule has 48 heavy (non-hydrogen) atoms. The largest absolute Gasteiger partial charge is 0.338 e. The molecule has 12 heteroatoms. The number of piperazine rings is 1. The maximum absolute atomic E-state index is 15.3. The molecule has 1 aromatic carbocycles. The highest BCUT2D eigenvalue weighted by Crippen LogP contribution is 2.42. The number of likely N-dealkylation sites (tertiary alicyclic amines) is 2. The lowest BCUT2D eigenvalue weighted by molar-refractivity contribution is -0.149. The SMILES string of the molecule is CN1CCN(C(=O)[C@@H]2C[C@H](N(C(=O)C(C)(C)C)C3CCC(F)(F)CC3)CN2C(=O)[C@@H]2CN(C(C)(C)C)C[C@H]2c2ccc(F)cc2F)CC1. The van der Waals surface area contributed by atoms with Gasteiger partial charge in [0.1, 0.15) is 17.7 Å². The van der Waals surface area contributed by atoms with E-state index in [1.165, 1.54) is 12.1 Å². The van der Waals surface area contributed by atoms with Crippen LogP contribution in [0.4, 0.5) is 17.6 Å². The summed E-state index contributed by atoms with van der Waals surface area (Å²) in [6.45, 7) is 14.6. The van der Waals surface area contributed by atoms with Crippen LogP contribution in [0, 0.1) is 23.0 Å². The zero-order chi connectivity index (χ0) is 35.3. The Morgan fingerprint density at radius 3 is 2.04 bits per heavy atom. The van der Waals surface area contributed by atoms with Crippen LogP contribution in [0.5, 0.6) is 0 Å². The van der Waals surface area contributed by atoms with Crippen LogP contribution < -0.4 is 0 Å². The molecule has 4 atom stereocenters. The Kier molecular flexibility index (Phi) is 10.3. The topological polar surface area (TPSA) is 67.4 Å². The van der Waals surface area contributed by atoms with Gasteiger partial charge < -0.3 is 19.6 Å². The zero-order valence-corrected chi connectivity index (χ0v) is 29.6. The number of nitrogens with zero attached hydrogens (tertiary/aromatic N) is 5. The summed E-state index contributed by atoms with van der Waals surface area (Å²) in [6, 6.07) is 1.62. The van der Waals surface area contributed by atoms with Gasteiger partial charge >= 0.3 is 0 Å². The van der Waals surface area contributed by atoms with Crippen molar-refractivity contribution in [1.82, 2.24) is 24.5 Å². The minimum Gasteiger partial charge on any atom is -0.338 e. The van der Waals surface area contributed by atoms with Crippen molar-refractivity contribution in [3.8, 4) is 0 Å². The summed E-state index contributed by atoms with van der Waals surface area (Å²) >= 11 is 0. The van der Waals surface area contributed by atoms with Crippen molar-refractivity contribution in [1.29, 1.82) is 0 Å². The first-order chi connectivity index (χ1) is 22.3. The molecule has 0 aromatic heterocycles. The van der Waals surface area contributed by atoms with Crippen molar-refractivity contribution in [3.63, 3.8) is 0 Å². The zero-order valence-electron chi connectivity index (χ0n) is 29.6. The molecule has 3 heterocycles. The second-order valence-corrected chi connectivity index (χ2v) is 16.5. The maximum atomic E-state index is 15.3. The molecule has 0 N–H and O–H groups in total. The first-order valence-corrected chi connectivity index (χ1v) is 17.5. The Morgan fingerprint density at radius 2 is 1.48 bits per heavy atom. The lowest BCUT2D eigenvalue weighted by Crippen LogP contribution is -2.54. The number of benzene rings is 1. The summed E-state index contributed by atoms with van der Waals surface area (Å²) < 4.78 is 57.8. The van der Waals surface area contributed by atoms with Crippen LogP contribution >= 0.6 is 0 Å². The fraction of sp³-hybridized carbons (Fsp3) is 0.750. The van der Waals surface area contributed by atoms with Crippen molar-refractivity contribution in [3.05, 3.63) is 35.4 Å². The van der Waals surface area contributed by atoms with Gasteiger partial charge in [0.2, 0.25) is 23.6 Å². The van der Waals surface area contributed by atoms with Gasteiger partial charge in [-0.1, -0.05) is 26.8 Å². The van der Waals surface area contributed by atoms with E-state index in [9.17, 15) is 27.6 Å². The Morgan fingerprint density at radius 1 is 0.854 bits per heavy atom. The standard InChI is InChI=1S/C36H53F4N5O3/c1-34(2,3)33(48)45(24-10-12-36(39,40)13-11-24)25-19-30(32(47)42-16-14-41(7)15-17-42)44(20-25)31(46)28-22-43(35(4,5)6)21-27(28)26-9-8-23(37)18-29(26)38/h8-9,18,24-25,27-28,30H,10-17,19-22H2,1-7H3/t25-,27-,28+,30-/m0/s1. The number of hydrogen-bond acceptors (Lipinski definition) is 5. The fourth-order valence-electron chi connectivity index (χ4n) is 7.98. The van der Waals surface area contributed by atoms with E-state index >= 15 is 4.39 Å². The second-order valence-electron chi connectivity index (χ2n) is 16.5. The third-order valence-electron chi connectivity index (χ3n) is 11.0. The van der Waals surface area contributed by atoms with Crippen molar-refractivity contribution < 1.29 is 31.9 Å². The highest BCUT2D eigenvalue weighted by Gasteiger charge is 2.52. The van der Waals surface area contributed by atoms with E-state index in [1.807, 2.05) is 27.8 Å². The van der Waals surface area contributed by atoms with Crippen LogP contribution in [0.25, 0.3) is 0 Å². The summed E-state index contributed by atoms with van der Waals surface area (Å²) in [6.07, 6.45) is -0.145. The molecule has 0 radical (unpaired) electrons. The summed E-state index contributed by atoms with van der Waals surface area (Å²) in [5, 5.41) is 0. The smallest absolute Gasteiger partial charge is 0.248 e. The van der Waals surface area contributed by atoms with E-state index in [2.05, 4.69) is 9.80 Å². The van der Waals surface area contributed by atoms with E-state index < -0.39 is 52.9 Å². The molecule has 3 saturated heterocycles. The molecule has 1 aromatic rings. The molecule has 4 aliphatic rings. The molecule has 0 unspecified atom stereocenters. The number of carbonyl (C=O) groups is 3. The summed E-state index contributed by atoms with van der Waals surface area (Å²) in [5.74, 6) is -6.17. The predicted octanol–water partition coefficient (Wildman–Crippen LogP) is 4.97. The molecule has 8 nitrogen and oxygen atoms in total. The molecular formula is C36H53F4N5O3. The van der Waals surface area contributed by atoms with Crippen LogP contribution in [-0.2, 0) is 14.4 Å². The lowest BCUT2D eigenvalue weighted by Gasteiger charge is -2.43. The first kappa shape index (κ1) is 36.5. The van der Waals surface area contributed by atoms with Crippen LogP contribution in [0.1, 0.15) is 85.1 Å². The van der Waals surface area contributed by atoms with Gasteiger partial charge in [0, 0.05) is 87.6 Å². The van der Waals surface area contributed by atoms with Gasteiger partial charge in [-0.3, -0.25) is 19.3 Å². The van der Waals surface area contributed by atoms with Gasteiger partial charge in [0.05, 0.1) is 12.0 Å². The molecule has 1 saturated carbocycles. The maximum Gasteiger partial charge on any atom is 0.248 e. The highest BCUT2D eigenvalue weighted by molar-refractivity contribution is 5.91. The number of amides is 3. The predicted molar refractivity (Wildman–Crippen MR) is 175 cm³/mol. The third-order valence-corrected chi connectivity index (χ3v) is 11.0. The van der Waals surface area contributed by atoms with Crippen LogP contribution in [0.15, 0.2) is 18.2 Å². The van der Waals surface area contributed by atoms with Crippen molar-refractivity contribution in [2.24, 2.45) is 11.3 Å². The third kappa shape index (κ3) is 7.69. The van der Waals surface area contributed by atoms with Crippen molar-refractivity contribution in [2.75, 3.05) is 52.9 Å². The average molecular weight is 680 g/mol. The van der Waals surface area contributed by atoms with Gasteiger partial charge in [-0.05, 0) is 58.7 Å². The van der Waals surface area contributed by atoms with Crippen molar-refractivity contribution in [2.45, 2.75) is 109 Å². The second kappa shape index (κ2) is 13.5. The van der Waals surface area contributed by atoms with E-state index in [-0.39, 0.29) is 67.5 Å². The van der Waals surface area contributed by atoms with E-state index in [0.29, 0.717) is 39.3 Å². The van der Waals surface area contributed by atoms with Crippen molar-refractivity contribution >= 4 is 17.7 Å². The number of rotatable bonds is 5. The van der Waals surface area contributed by atoms with Gasteiger partial charge in [-0.15, -0.1) is 0 Å². The number of halogens is 4. The van der Waals surface area contributed by atoms with Crippen LogP contribution in [-0.4, -0.2) is 125 Å². The molecule has 3 amide bonds. The molecule has 5 rings (SSSR count). The summed E-state index contributed by atoms with van der Waals surface area (Å²) in [4.78, 5) is 52.6. The molecule has 0 spiro atoms. The summed E-state index contributed by atoms with van der Waals surface area (Å²) in [5.41, 5.74) is -0.893. The molecule has 3 aliphatic heterocycles. The normalized spacial score (nSPS) is 27.8. The Bertz CT molecular complexity index is 1360. The number of alkyl halides is 2. The highest BCUT2D eigenvalue weighted by atomic mass is 19.3. The molecular weight excluding hydrogens is 626 g/mol. The minimum absolute atomic E-state index is 0.0856. The van der Waals surface area contributed by atoms with Gasteiger partial charge in [0.15, 0.2) is 0 Å².